The van der Waals surface area contributed by atoms with E-state index < -0.39 is 0 Å². The summed E-state index contributed by atoms with van der Waals surface area (Å²) in [5.41, 5.74) is 8.04. The summed E-state index contributed by atoms with van der Waals surface area (Å²) >= 11 is 0. The van der Waals surface area contributed by atoms with Crippen molar-refractivity contribution in [2.24, 2.45) is 0 Å². The largest absolute Gasteiger partial charge is 0.396 e. The number of nitrogen functional groups attached to an aromatic ring is 1. The number of nitrogens with zero attached hydrogens (tertiary/aromatic N) is 2. The molecule has 1 heterocycles. The number of nitrogens with two attached hydrogens (primary N) is 1. The summed E-state index contributed by atoms with van der Waals surface area (Å²) in [4.78, 5) is 0. The van der Waals surface area contributed by atoms with E-state index in [1.807, 2.05) is 6.20 Å². The lowest BCUT2D eigenvalue weighted by Crippen LogP contribution is -2.11. The first kappa shape index (κ1) is 9.56. The summed E-state index contributed by atoms with van der Waals surface area (Å²) in [6.07, 6.45) is 9.25. The second-order valence-corrected chi connectivity index (χ2v) is 4.18. The van der Waals surface area contributed by atoms with Crippen LogP contribution in [0.25, 0.3) is 0 Å². The maximum Gasteiger partial charge on any atom is 0.0733 e. The van der Waals surface area contributed by atoms with Gasteiger partial charge < -0.3 is 5.73 Å². The van der Waals surface area contributed by atoms with E-state index in [1.165, 1.54) is 31.4 Å². The Morgan fingerprint density at radius 1 is 1.50 bits per heavy atom. The quantitative estimate of drug-likeness (QED) is 0.801. The van der Waals surface area contributed by atoms with Crippen LogP contribution in [0.2, 0.25) is 0 Å². The van der Waals surface area contributed by atoms with Gasteiger partial charge in [-0.3, -0.25) is 4.68 Å². The van der Waals surface area contributed by atoms with Crippen LogP contribution in [-0.4, -0.2) is 9.78 Å². The van der Waals surface area contributed by atoms with Crippen LogP contribution in [0.15, 0.2) is 6.20 Å². The molecule has 0 radical (unpaired) electrons. The number of rotatable bonds is 3. The lowest BCUT2D eigenvalue weighted by atomic mass is 10.2. The Kier molecular flexibility index (Phi) is 2.75. The standard InChI is InChI=1S/C11H19N3/c1-2-5-11-10(12)8-13-14(11)9-6-3-4-7-9/h8-9H,2-7,12H2,1H3. The molecule has 3 nitrogen and oxygen atoms in total. The molecule has 2 rings (SSSR count). The van der Waals surface area contributed by atoms with Crippen molar-refractivity contribution >= 4 is 5.69 Å². The van der Waals surface area contributed by atoms with Gasteiger partial charge in [0.1, 0.15) is 0 Å². The van der Waals surface area contributed by atoms with Crippen molar-refractivity contribution in [1.29, 1.82) is 0 Å². The molecule has 1 saturated carbocycles. The number of hydrogen-bond donors (Lipinski definition) is 1. The van der Waals surface area contributed by atoms with Gasteiger partial charge in [0.2, 0.25) is 0 Å². The highest BCUT2D eigenvalue weighted by Crippen LogP contribution is 2.31. The predicted molar refractivity (Wildman–Crippen MR) is 58.1 cm³/mol. The highest BCUT2D eigenvalue weighted by Gasteiger charge is 2.20. The van der Waals surface area contributed by atoms with Crippen molar-refractivity contribution in [1.82, 2.24) is 9.78 Å². The summed E-state index contributed by atoms with van der Waals surface area (Å²) < 4.78 is 2.17. The minimum absolute atomic E-state index is 0.619. The van der Waals surface area contributed by atoms with E-state index in [1.54, 1.807) is 0 Å². The number of hydrogen-bond acceptors (Lipinski definition) is 2. The average Bonchev–Trinajstić information content (AvgIpc) is 2.77. The zero-order valence-corrected chi connectivity index (χ0v) is 8.87. The molecule has 2 N–H and O–H groups in total. The molecule has 0 saturated heterocycles. The zero-order valence-electron chi connectivity index (χ0n) is 8.87. The molecule has 0 aliphatic heterocycles. The summed E-state index contributed by atoms with van der Waals surface area (Å²) in [5, 5.41) is 4.41. The lowest BCUT2D eigenvalue weighted by Gasteiger charge is -2.14. The molecule has 1 fully saturated rings. The van der Waals surface area contributed by atoms with E-state index in [9.17, 15) is 0 Å². The van der Waals surface area contributed by atoms with Crippen molar-refractivity contribution in [2.45, 2.75) is 51.5 Å². The highest BCUT2D eigenvalue weighted by molar-refractivity contribution is 5.41. The lowest BCUT2D eigenvalue weighted by molar-refractivity contribution is 0.449. The molecule has 1 aromatic rings. The molecule has 1 aromatic heterocycles. The molecule has 0 bridgehead atoms. The maximum atomic E-state index is 5.91. The average molecular weight is 193 g/mol. The SMILES string of the molecule is CCCc1c(N)cnn1C1CCCC1. The smallest absolute Gasteiger partial charge is 0.0733 e. The Morgan fingerprint density at radius 3 is 2.86 bits per heavy atom. The van der Waals surface area contributed by atoms with Crippen LogP contribution < -0.4 is 5.73 Å². The first-order valence-corrected chi connectivity index (χ1v) is 5.64. The normalized spacial score (nSPS) is 17.8. The van der Waals surface area contributed by atoms with E-state index in [-0.39, 0.29) is 0 Å². The molecule has 78 valence electrons. The van der Waals surface area contributed by atoms with Crippen LogP contribution in [0.1, 0.15) is 50.8 Å². The first-order chi connectivity index (χ1) is 6.83. The number of anilines is 1. The van der Waals surface area contributed by atoms with E-state index in [2.05, 4.69) is 16.7 Å². The van der Waals surface area contributed by atoms with Gasteiger partial charge in [0.25, 0.3) is 0 Å². The van der Waals surface area contributed by atoms with Crippen LogP contribution in [0.3, 0.4) is 0 Å². The maximum absolute atomic E-state index is 5.91. The Bertz CT molecular complexity index is 297. The van der Waals surface area contributed by atoms with E-state index in [4.69, 9.17) is 5.73 Å². The van der Waals surface area contributed by atoms with Crippen LogP contribution in [-0.2, 0) is 6.42 Å². The minimum atomic E-state index is 0.619. The molecule has 3 heteroatoms. The molecular formula is C11H19N3. The molecule has 14 heavy (non-hydrogen) atoms. The first-order valence-electron chi connectivity index (χ1n) is 5.64. The summed E-state index contributed by atoms with van der Waals surface area (Å²) in [6, 6.07) is 0.619. The zero-order chi connectivity index (χ0) is 9.97. The summed E-state index contributed by atoms with van der Waals surface area (Å²) in [6.45, 7) is 2.19. The van der Waals surface area contributed by atoms with Gasteiger partial charge in [-0.15, -0.1) is 0 Å². The van der Waals surface area contributed by atoms with Crippen LogP contribution >= 0.6 is 0 Å². The fourth-order valence-electron chi connectivity index (χ4n) is 2.36. The second-order valence-electron chi connectivity index (χ2n) is 4.18. The molecule has 0 atom stereocenters. The Balaban J connectivity index is 2.22. The Morgan fingerprint density at radius 2 is 2.21 bits per heavy atom. The van der Waals surface area contributed by atoms with Gasteiger partial charge >= 0.3 is 0 Å². The minimum Gasteiger partial charge on any atom is -0.396 e. The molecule has 0 aromatic carbocycles. The third-order valence-corrected chi connectivity index (χ3v) is 3.09. The van der Waals surface area contributed by atoms with Gasteiger partial charge in [0.15, 0.2) is 0 Å². The van der Waals surface area contributed by atoms with Crippen molar-refractivity contribution in [2.75, 3.05) is 5.73 Å². The van der Waals surface area contributed by atoms with Crippen molar-refractivity contribution in [3.63, 3.8) is 0 Å². The van der Waals surface area contributed by atoms with Crippen molar-refractivity contribution in [3.05, 3.63) is 11.9 Å². The number of aromatic nitrogens is 2. The highest BCUT2D eigenvalue weighted by atomic mass is 15.3. The fourth-order valence-corrected chi connectivity index (χ4v) is 2.36. The second kappa shape index (κ2) is 4.03. The molecule has 0 spiro atoms. The van der Waals surface area contributed by atoms with E-state index >= 15 is 0 Å². The molecular weight excluding hydrogens is 174 g/mol. The topological polar surface area (TPSA) is 43.8 Å². The monoisotopic (exact) mass is 193 g/mol. The fraction of sp³-hybridized carbons (Fsp3) is 0.727. The van der Waals surface area contributed by atoms with Crippen LogP contribution in [0.5, 0.6) is 0 Å². The molecule has 0 amide bonds. The van der Waals surface area contributed by atoms with Gasteiger partial charge in [0.05, 0.1) is 23.6 Å². The van der Waals surface area contributed by atoms with Gasteiger partial charge in [-0.25, -0.2) is 0 Å². The Labute approximate surface area is 85.3 Å². The van der Waals surface area contributed by atoms with Crippen molar-refractivity contribution in [3.8, 4) is 0 Å². The van der Waals surface area contributed by atoms with E-state index in [0.717, 1.165) is 18.5 Å². The van der Waals surface area contributed by atoms with E-state index in [0.29, 0.717) is 6.04 Å². The predicted octanol–water partition coefficient (Wildman–Crippen LogP) is 2.53. The molecule has 1 aliphatic rings. The van der Waals surface area contributed by atoms with Crippen LogP contribution in [0, 0.1) is 0 Å². The third-order valence-electron chi connectivity index (χ3n) is 3.09. The van der Waals surface area contributed by atoms with Crippen molar-refractivity contribution < 1.29 is 0 Å². The Hall–Kier alpha value is -0.990. The summed E-state index contributed by atoms with van der Waals surface area (Å²) in [5.74, 6) is 0. The third kappa shape index (κ3) is 1.63. The van der Waals surface area contributed by atoms with Gasteiger partial charge in [-0.1, -0.05) is 26.2 Å². The van der Waals surface area contributed by atoms with Gasteiger partial charge in [-0.05, 0) is 19.3 Å². The van der Waals surface area contributed by atoms with Gasteiger partial charge in [0, 0.05) is 0 Å². The van der Waals surface area contributed by atoms with Crippen LogP contribution in [0.4, 0.5) is 5.69 Å². The molecule has 0 unspecified atom stereocenters. The van der Waals surface area contributed by atoms with Gasteiger partial charge in [-0.2, -0.15) is 5.10 Å². The summed E-state index contributed by atoms with van der Waals surface area (Å²) in [7, 11) is 0. The molecule has 1 aliphatic carbocycles.